The van der Waals surface area contributed by atoms with E-state index in [9.17, 15) is 14.7 Å². The molecule has 1 heterocycles. The van der Waals surface area contributed by atoms with Crippen LogP contribution in [0.1, 0.15) is 13.3 Å². The molecule has 1 atom stereocenters. The van der Waals surface area contributed by atoms with Gasteiger partial charge in [0.05, 0.1) is 13.0 Å². The van der Waals surface area contributed by atoms with E-state index in [2.05, 4.69) is 16.1 Å². The number of carbonyl (C=O) groups is 2. The molecule has 1 aliphatic heterocycles. The van der Waals surface area contributed by atoms with Crippen LogP contribution in [0.4, 0.5) is 0 Å². The molecule has 0 radical (unpaired) electrons. The van der Waals surface area contributed by atoms with Crippen molar-refractivity contribution >= 4 is 11.9 Å². The van der Waals surface area contributed by atoms with Crippen LogP contribution in [0.3, 0.4) is 0 Å². The molecule has 1 N–H and O–H groups in total. The second-order valence-electron chi connectivity index (χ2n) is 2.84. The minimum atomic E-state index is -2.12. The van der Waals surface area contributed by atoms with Crippen molar-refractivity contribution in [2.24, 2.45) is 0 Å². The van der Waals surface area contributed by atoms with Gasteiger partial charge in [-0.2, -0.15) is 0 Å². The Bertz CT molecular complexity index is 270. The number of ether oxygens (including phenoxy) is 2. The van der Waals surface area contributed by atoms with Gasteiger partial charge < -0.3 is 14.6 Å². The van der Waals surface area contributed by atoms with Crippen LogP contribution in [0.15, 0.2) is 12.2 Å². The van der Waals surface area contributed by atoms with Gasteiger partial charge in [-0.1, -0.05) is 6.58 Å². The number of hydrogen-bond acceptors (Lipinski definition) is 5. The molecule has 1 fully saturated rings. The van der Waals surface area contributed by atoms with Gasteiger partial charge in [0.1, 0.15) is 0 Å². The summed E-state index contributed by atoms with van der Waals surface area (Å²) in [7, 11) is 0. The predicted octanol–water partition coefficient (Wildman–Crippen LogP) is -0.259. The molecule has 0 bridgehead atoms. The zero-order valence-electron chi connectivity index (χ0n) is 7.20. The fraction of sp³-hybridized carbons (Fsp3) is 0.500. The maximum Gasteiger partial charge on any atom is 0.379 e. The molecular weight excluding hydrogens is 176 g/mol. The Kier molecular flexibility index (Phi) is 2.38. The number of hydrogen-bond donors (Lipinski definition) is 1. The lowest BCUT2D eigenvalue weighted by Gasteiger charge is -2.17. The zero-order chi connectivity index (χ0) is 10.1. The van der Waals surface area contributed by atoms with Crippen molar-refractivity contribution in [3.63, 3.8) is 0 Å². The van der Waals surface area contributed by atoms with E-state index >= 15 is 0 Å². The van der Waals surface area contributed by atoms with Crippen molar-refractivity contribution in [1.29, 1.82) is 0 Å². The van der Waals surface area contributed by atoms with Gasteiger partial charge in [-0.25, -0.2) is 9.59 Å². The zero-order valence-corrected chi connectivity index (χ0v) is 7.20. The van der Waals surface area contributed by atoms with Crippen LogP contribution >= 0.6 is 0 Å². The monoisotopic (exact) mass is 186 g/mol. The fourth-order valence-electron chi connectivity index (χ4n) is 0.830. The normalized spacial score (nSPS) is 26.8. The third kappa shape index (κ3) is 1.86. The second kappa shape index (κ2) is 3.18. The van der Waals surface area contributed by atoms with Gasteiger partial charge in [0.2, 0.25) is 0 Å². The molecule has 0 aromatic carbocycles. The highest BCUT2D eigenvalue weighted by Crippen LogP contribution is 2.22. The van der Waals surface area contributed by atoms with E-state index in [0.717, 1.165) is 0 Å². The first kappa shape index (κ1) is 9.73. The van der Waals surface area contributed by atoms with E-state index in [1.165, 1.54) is 6.92 Å². The number of carbonyl (C=O) groups excluding carboxylic acids is 2. The lowest BCUT2D eigenvalue weighted by molar-refractivity contribution is -0.209. The molecule has 1 saturated heterocycles. The Morgan fingerprint density at radius 3 is 2.77 bits per heavy atom. The number of cyclic esters (lactones) is 1. The maximum absolute atomic E-state index is 11.0. The van der Waals surface area contributed by atoms with Gasteiger partial charge in [0.15, 0.2) is 0 Å². The van der Waals surface area contributed by atoms with Crippen molar-refractivity contribution < 1.29 is 24.2 Å². The Hall–Kier alpha value is -1.36. The Morgan fingerprint density at radius 2 is 2.38 bits per heavy atom. The van der Waals surface area contributed by atoms with Crippen LogP contribution in [-0.2, 0) is 19.1 Å². The van der Waals surface area contributed by atoms with E-state index in [0.29, 0.717) is 0 Å². The Balaban J connectivity index is 2.67. The van der Waals surface area contributed by atoms with Gasteiger partial charge in [-0.05, 0) is 6.92 Å². The van der Waals surface area contributed by atoms with Crippen molar-refractivity contribution in [3.8, 4) is 0 Å². The minimum absolute atomic E-state index is 0.0369. The predicted molar refractivity (Wildman–Crippen MR) is 41.4 cm³/mol. The summed E-state index contributed by atoms with van der Waals surface area (Å²) in [6.45, 7) is 4.79. The minimum Gasteiger partial charge on any atom is -0.461 e. The van der Waals surface area contributed by atoms with Crippen molar-refractivity contribution in [2.75, 3.05) is 6.61 Å². The molecule has 0 aromatic rings. The highest BCUT2D eigenvalue weighted by molar-refractivity contribution is 5.90. The standard InChI is InChI=1S/C8H10O5/c1-5(2)6(9)13-8(11)3-4-12-7(8)10/h11H,1,3-4H2,2H3. The van der Waals surface area contributed by atoms with E-state index in [4.69, 9.17) is 0 Å². The van der Waals surface area contributed by atoms with Gasteiger partial charge >= 0.3 is 17.7 Å². The molecular formula is C8H10O5. The van der Waals surface area contributed by atoms with Crippen LogP contribution in [0.5, 0.6) is 0 Å². The Morgan fingerprint density at radius 1 is 1.77 bits per heavy atom. The fourth-order valence-corrected chi connectivity index (χ4v) is 0.830. The lowest BCUT2D eigenvalue weighted by atomic mass is 10.2. The first-order chi connectivity index (χ1) is 5.96. The average Bonchev–Trinajstić information content (AvgIpc) is 2.32. The summed E-state index contributed by atoms with van der Waals surface area (Å²) in [5, 5.41) is 9.42. The first-order valence-electron chi connectivity index (χ1n) is 3.74. The molecule has 0 saturated carbocycles. The average molecular weight is 186 g/mol. The highest BCUT2D eigenvalue weighted by atomic mass is 16.7. The van der Waals surface area contributed by atoms with Gasteiger partial charge in [-0.3, -0.25) is 0 Å². The SMILES string of the molecule is C=C(C)C(=O)OC1(O)CCOC1=O. The van der Waals surface area contributed by atoms with Crippen LogP contribution < -0.4 is 0 Å². The molecule has 1 unspecified atom stereocenters. The number of aliphatic hydroxyl groups is 1. The van der Waals surface area contributed by atoms with Crippen LogP contribution in [0.25, 0.3) is 0 Å². The van der Waals surface area contributed by atoms with Crippen molar-refractivity contribution in [1.82, 2.24) is 0 Å². The molecule has 1 aliphatic rings. The van der Waals surface area contributed by atoms with Crippen LogP contribution in [0.2, 0.25) is 0 Å². The van der Waals surface area contributed by atoms with E-state index < -0.39 is 17.7 Å². The number of rotatable bonds is 2. The Labute approximate surface area is 74.9 Å². The lowest BCUT2D eigenvalue weighted by Crippen LogP contribution is -2.39. The molecule has 5 heteroatoms. The highest BCUT2D eigenvalue weighted by Gasteiger charge is 2.46. The molecule has 0 aliphatic carbocycles. The third-order valence-electron chi connectivity index (χ3n) is 1.60. The van der Waals surface area contributed by atoms with Crippen LogP contribution in [0, 0.1) is 0 Å². The summed E-state index contributed by atoms with van der Waals surface area (Å²) in [5.74, 6) is -3.85. The summed E-state index contributed by atoms with van der Waals surface area (Å²) < 4.78 is 8.97. The number of esters is 2. The molecule has 13 heavy (non-hydrogen) atoms. The molecule has 0 spiro atoms. The largest absolute Gasteiger partial charge is 0.461 e. The van der Waals surface area contributed by atoms with Crippen molar-refractivity contribution in [2.45, 2.75) is 19.1 Å². The summed E-state index contributed by atoms with van der Waals surface area (Å²) in [5.41, 5.74) is 0.119. The topological polar surface area (TPSA) is 72.8 Å². The molecule has 5 nitrogen and oxygen atoms in total. The molecule has 0 amide bonds. The summed E-state index contributed by atoms with van der Waals surface area (Å²) in [4.78, 5) is 21.8. The second-order valence-corrected chi connectivity index (χ2v) is 2.84. The maximum atomic E-state index is 11.0. The summed E-state index contributed by atoms with van der Waals surface area (Å²) >= 11 is 0. The van der Waals surface area contributed by atoms with Gasteiger partial charge in [-0.15, -0.1) is 0 Å². The van der Waals surface area contributed by atoms with Crippen LogP contribution in [-0.4, -0.2) is 29.4 Å². The molecule has 0 aromatic heterocycles. The molecule has 72 valence electrons. The van der Waals surface area contributed by atoms with E-state index in [-0.39, 0.29) is 18.6 Å². The smallest absolute Gasteiger partial charge is 0.379 e. The van der Waals surface area contributed by atoms with Gasteiger partial charge in [0.25, 0.3) is 0 Å². The quantitative estimate of drug-likeness (QED) is 0.365. The first-order valence-corrected chi connectivity index (χ1v) is 3.74. The summed E-state index contributed by atoms with van der Waals surface area (Å²) in [6.07, 6.45) is -0.0369. The van der Waals surface area contributed by atoms with Gasteiger partial charge in [0, 0.05) is 5.57 Å². The summed E-state index contributed by atoms with van der Waals surface area (Å²) in [6, 6.07) is 0. The van der Waals surface area contributed by atoms with E-state index in [1.807, 2.05) is 0 Å². The van der Waals surface area contributed by atoms with Crippen molar-refractivity contribution in [3.05, 3.63) is 12.2 Å². The molecule has 1 rings (SSSR count). The van der Waals surface area contributed by atoms with E-state index in [1.54, 1.807) is 0 Å². The third-order valence-corrected chi connectivity index (χ3v) is 1.60.